The highest BCUT2D eigenvalue weighted by atomic mass is 16.5. The Morgan fingerprint density at radius 1 is 1.06 bits per heavy atom. The Labute approximate surface area is 185 Å². The second-order valence-corrected chi connectivity index (χ2v) is 8.86. The average Bonchev–Trinajstić information content (AvgIpc) is 3.40. The smallest absolute Gasteiger partial charge is 0.295 e. The van der Waals surface area contributed by atoms with Gasteiger partial charge in [-0.15, -0.1) is 0 Å². The van der Waals surface area contributed by atoms with Crippen LogP contribution in [0, 0.1) is 11.3 Å². The van der Waals surface area contributed by atoms with E-state index in [-0.39, 0.29) is 12.4 Å². The number of aliphatic hydroxyl groups excluding tert-OH is 1. The van der Waals surface area contributed by atoms with Crippen molar-refractivity contribution in [1.29, 1.82) is 0 Å². The number of rotatable bonds is 5. The van der Waals surface area contributed by atoms with Gasteiger partial charge in [0.1, 0.15) is 17.9 Å². The van der Waals surface area contributed by atoms with Gasteiger partial charge in [0.05, 0.1) is 12.6 Å². The summed E-state index contributed by atoms with van der Waals surface area (Å²) in [6.45, 7) is 4.93. The third-order valence-corrected chi connectivity index (χ3v) is 5.75. The van der Waals surface area contributed by atoms with Gasteiger partial charge in [-0.2, -0.15) is 0 Å². The van der Waals surface area contributed by atoms with Crippen LogP contribution < -0.4 is 4.90 Å². The molecule has 1 amide bonds. The van der Waals surface area contributed by atoms with E-state index in [1.54, 1.807) is 75.4 Å². The third kappa shape index (κ3) is 3.65. The minimum Gasteiger partial charge on any atom is -0.392 e. The van der Waals surface area contributed by atoms with E-state index in [2.05, 4.69) is 5.16 Å². The van der Waals surface area contributed by atoms with Gasteiger partial charge in [-0.1, -0.05) is 62.3 Å². The Hall–Kier alpha value is -3.58. The van der Waals surface area contributed by atoms with Crippen LogP contribution in [0.15, 0.2) is 65.4 Å². The Balaban J connectivity index is 1.85. The molecule has 0 bridgehead atoms. The zero-order valence-corrected chi connectivity index (χ0v) is 18.1. The maximum absolute atomic E-state index is 13.3. The van der Waals surface area contributed by atoms with Crippen LogP contribution in [0.25, 0.3) is 11.3 Å². The second kappa shape index (κ2) is 8.16. The average molecular weight is 432 g/mol. The molecule has 0 spiro atoms. The van der Waals surface area contributed by atoms with Crippen molar-refractivity contribution in [3.8, 4) is 11.3 Å². The number of carbonyl (C=O) groups excluding carboxylic acids is 3. The van der Waals surface area contributed by atoms with E-state index < -0.39 is 29.1 Å². The zero-order chi connectivity index (χ0) is 23.0. The van der Waals surface area contributed by atoms with Gasteiger partial charge in [0.25, 0.3) is 5.91 Å². The molecule has 164 valence electrons. The van der Waals surface area contributed by atoms with Gasteiger partial charge in [-0.3, -0.25) is 19.3 Å². The van der Waals surface area contributed by atoms with Crippen molar-refractivity contribution in [2.24, 2.45) is 11.3 Å². The SMILES string of the molecule is CC(C)(C)C(=O)C1C(=O)C(=O)N(c2ccc(-c3ccon3)cc2)C1c1ccccc1CO. The predicted octanol–water partition coefficient (Wildman–Crippen LogP) is 3.72. The van der Waals surface area contributed by atoms with Gasteiger partial charge < -0.3 is 9.63 Å². The highest BCUT2D eigenvalue weighted by Gasteiger charge is 2.54. The van der Waals surface area contributed by atoms with Gasteiger partial charge in [0.15, 0.2) is 5.78 Å². The second-order valence-electron chi connectivity index (χ2n) is 8.86. The molecule has 1 aliphatic heterocycles. The first-order valence-electron chi connectivity index (χ1n) is 10.3. The molecule has 1 saturated heterocycles. The monoisotopic (exact) mass is 432 g/mol. The van der Waals surface area contributed by atoms with Crippen molar-refractivity contribution in [1.82, 2.24) is 5.16 Å². The summed E-state index contributed by atoms with van der Waals surface area (Å²) in [7, 11) is 0. The summed E-state index contributed by atoms with van der Waals surface area (Å²) in [5.74, 6) is -2.94. The molecule has 1 aromatic heterocycles. The molecule has 32 heavy (non-hydrogen) atoms. The number of nitrogens with zero attached hydrogens (tertiary/aromatic N) is 2. The Bertz CT molecular complexity index is 1160. The molecule has 0 aliphatic carbocycles. The summed E-state index contributed by atoms with van der Waals surface area (Å²) < 4.78 is 4.88. The van der Waals surface area contributed by atoms with Crippen LogP contribution in [0.4, 0.5) is 5.69 Å². The highest BCUT2D eigenvalue weighted by molar-refractivity contribution is 6.48. The number of anilines is 1. The van der Waals surface area contributed by atoms with Crippen molar-refractivity contribution >= 4 is 23.2 Å². The Morgan fingerprint density at radius 3 is 2.34 bits per heavy atom. The summed E-state index contributed by atoms with van der Waals surface area (Å²) in [5, 5.41) is 13.8. The van der Waals surface area contributed by atoms with E-state index >= 15 is 0 Å². The van der Waals surface area contributed by atoms with Crippen molar-refractivity contribution in [2.45, 2.75) is 33.4 Å². The lowest BCUT2D eigenvalue weighted by Gasteiger charge is -2.31. The molecular weight excluding hydrogens is 408 g/mol. The fourth-order valence-corrected chi connectivity index (χ4v) is 4.12. The van der Waals surface area contributed by atoms with Crippen LogP contribution in [0.1, 0.15) is 37.9 Å². The first-order chi connectivity index (χ1) is 15.2. The topological polar surface area (TPSA) is 101 Å². The lowest BCUT2D eigenvalue weighted by Crippen LogP contribution is -2.36. The molecule has 2 atom stereocenters. The lowest BCUT2D eigenvalue weighted by molar-refractivity contribution is -0.141. The van der Waals surface area contributed by atoms with Gasteiger partial charge in [0.2, 0.25) is 5.78 Å². The van der Waals surface area contributed by atoms with Crippen LogP contribution in [-0.4, -0.2) is 27.7 Å². The summed E-state index contributed by atoms with van der Waals surface area (Å²) in [4.78, 5) is 41.0. The summed E-state index contributed by atoms with van der Waals surface area (Å²) in [5.41, 5.74) is 2.24. The fourth-order valence-electron chi connectivity index (χ4n) is 4.12. The maximum Gasteiger partial charge on any atom is 0.295 e. The van der Waals surface area contributed by atoms with Crippen LogP contribution in [-0.2, 0) is 21.0 Å². The number of aromatic nitrogens is 1. The molecule has 7 nitrogen and oxygen atoms in total. The molecule has 0 saturated carbocycles. The molecule has 2 aromatic carbocycles. The van der Waals surface area contributed by atoms with E-state index in [0.717, 1.165) is 5.56 Å². The molecular formula is C25H24N2O5. The standard InChI is InChI=1S/C25H24N2O5/c1-25(2,3)23(30)20-21(18-7-5-4-6-16(18)14-28)27(24(31)22(20)29)17-10-8-15(9-11-17)19-12-13-32-26-19/h4-13,20-21,28H,14H2,1-3H3. The molecule has 1 aliphatic rings. The van der Waals surface area contributed by atoms with E-state index in [1.165, 1.54) is 11.2 Å². The van der Waals surface area contributed by atoms with Crippen molar-refractivity contribution in [3.63, 3.8) is 0 Å². The molecule has 4 rings (SSSR count). The fraction of sp³-hybridized carbons (Fsp3) is 0.280. The van der Waals surface area contributed by atoms with Crippen LogP contribution in [0.5, 0.6) is 0 Å². The van der Waals surface area contributed by atoms with E-state index in [0.29, 0.717) is 22.5 Å². The van der Waals surface area contributed by atoms with Crippen LogP contribution >= 0.6 is 0 Å². The van der Waals surface area contributed by atoms with Gasteiger partial charge in [0, 0.05) is 22.7 Å². The summed E-state index contributed by atoms with van der Waals surface area (Å²) in [6.07, 6.45) is 1.47. The number of Topliss-reactive ketones (excluding diaryl/α,β-unsaturated/α-hetero) is 2. The number of hydrogen-bond acceptors (Lipinski definition) is 6. The summed E-state index contributed by atoms with van der Waals surface area (Å²) >= 11 is 0. The quantitative estimate of drug-likeness (QED) is 0.487. The minimum atomic E-state index is -1.16. The first-order valence-corrected chi connectivity index (χ1v) is 10.3. The number of aliphatic hydroxyl groups is 1. The molecule has 2 heterocycles. The zero-order valence-electron chi connectivity index (χ0n) is 18.1. The number of ketones is 2. The highest BCUT2D eigenvalue weighted by Crippen LogP contribution is 2.44. The van der Waals surface area contributed by atoms with E-state index in [9.17, 15) is 19.5 Å². The number of amides is 1. The molecule has 1 fully saturated rings. The van der Waals surface area contributed by atoms with Gasteiger partial charge in [-0.25, -0.2) is 0 Å². The van der Waals surface area contributed by atoms with Crippen LogP contribution in [0.2, 0.25) is 0 Å². The van der Waals surface area contributed by atoms with Crippen LogP contribution in [0.3, 0.4) is 0 Å². The Kier molecular flexibility index (Phi) is 5.52. The lowest BCUT2D eigenvalue weighted by atomic mass is 9.77. The van der Waals surface area contributed by atoms with Gasteiger partial charge in [-0.05, 0) is 23.3 Å². The molecule has 1 N–H and O–H groups in total. The minimum absolute atomic E-state index is 0.273. The van der Waals surface area contributed by atoms with Crippen molar-refractivity contribution in [2.75, 3.05) is 4.90 Å². The first kappa shape index (κ1) is 21.6. The maximum atomic E-state index is 13.3. The summed E-state index contributed by atoms with van der Waals surface area (Å²) in [6, 6.07) is 14.9. The van der Waals surface area contributed by atoms with E-state index in [4.69, 9.17) is 4.52 Å². The molecule has 7 heteroatoms. The number of carbonyl (C=O) groups is 3. The largest absolute Gasteiger partial charge is 0.392 e. The van der Waals surface area contributed by atoms with Crippen molar-refractivity contribution in [3.05, 3.63) is 72.0 Å². The van der Waals surface area contributed by atoms with Gasteiger partial charge >= 0.3 is 0 Å². The van der Waals surface area contributed by atoms with E-state index in [1.807, 2.05) is 0 Å². The molecule has 2 unspecified atom stereocenters. The Morgan fingerprint density at radius 2 is 1.75 bits per heavy atom. The number of hydrogen-bond donors (Lipinski definition) is 1. The van der Waals surface area contributed by atoms with Crippen molar-refractivity contribution < 1.29 is 24.0 Å². The predicted molar refractivity (Wildman–Crippen MR) is 117 cm³/mol. The third-order valence-electron chi connectivity index (χ3n) is 5.75. The molecule has 0 radical (unpaired) electrons. The normalized spacial score (nSPS) is 18.9. The molecule has 3 aromatic rings. The number of benzene rings is 2.